The van der Waals surface area contributed by atoms with E-state index in [2.05, 4.69) is 0 Å². The summed E-state index contributed by atoms with van der Waals surface area (Å²) in [5, 5.41) is 0. The van der Waals surface area contributed by atoms with Gasteiger partial charge in [-0.2, -0.15) is 0 Å². The van der Waals surface area contributed by atoms with Crippen molar-refractivity contribution in [2.45, 2.75) is 6.10 Å². The molecule has 5 rings (SSSR count). The van der Waals surface area contributed by atoms with E-state index < -0.39 is 6.10 Å². The van der Waals surface area contributed by atoms with Crippen LogP contribution in [0.15, 0.2) is 89.3 Å². The lowest BCUT2D eigenvalue weighted by Gasteiger charge is -2.11. The minimum absolute atomic E-state index is 0.0945. The Kier molecular flexibility index (Phi) is 4.17. The van der Waals surface area contributed by atoms with Crippen molar-refractivity contribution in [3.63, 3.8) is 0 Å². The van der Waals surface area contributed by atoms with Gasteiger partial charge in [-0.25, -0.2) is 0 Å². The van der Waals surface area contributed by atoms with Gasteiger partial charge in [-0.3, -0.25) is 4.79 Å². The second-order valence-corrected chi connectivity index (χ2v) is 6.83. The van der Waals surface area contributed by atoms with Gasteiger partial charge in [0.05, 0.1) is 7.11 Å². The normalized spacial score (nSPS) is 15.1. The lowest BCUT2D eigenvalue weighted by molar-refractivity contribution is 0.0854. The molecule has 2 heterocycles. The molecule has 1 unspecified atom stereocenters. The van der Waals surface area contributed by atoms with Crippen molar-refractivity contribution in [2.24, 2.45) is 0 Å². The van der Waals surface area contributed by atoms with Gasteiger partial charge in [-0.15, -0.1) is 0 Å². The van der Waals surface area contributed by atoms with Crippen molar-refractivity contribution >= 4 is 5.78 Å². The number of methoxy groups -OCH3 is 1. The van der Waals surface area contributed by atoms with Crippen molar-refractivity contribution < 1.29 is 18.7 Å². The summed E-state index contributed by atoms with van der Waals surface area (Å²) >= 11 is 0. The Hall–Kier alpha value is -3.79. The van der Waals surface area contributed by atoms with Crippen LogP contribution in [-0.2, 0) is 0 Å². The van der Waals surface area contributed by atoms with Crippen LogP contribution in [0.5, 0.6) is 11.5 Å². The lowest BCUT2D eigenvalue weighted by Crippen LogP contribution is -2.11. The minimum atomic E-state index is -0.669. The highest BCUT2D eigenvalue weighted by Gasteiger charge is 2.41. The average molecular weight is 382 g/mol. The predicted molar refractivity (Wildman–Crippen MR) is 110 cm³/mol. The van der Waals surface area contributed by atoms with Gasteiger partial charge in [0.2, 0.25) is 5.78 Å². The molecule has 1 aliphatic heterocycles. The molecular formula is C25H18O4. The van der Waals surface area contributed by atoms with E-state index >= 15 is 0 Å². The van der Waals surface area contributed by atoms with E-state index in [1.165, 1.54) is 0 Å². The minimum Gasteiger partial charge on any atom is -0.497 e. The molecule has 4 aromatic rings. The number of carbonyl (C=O) groups is 1. The number of furan rings is 1. The Morgan fingerprint density at radius 2 is 1.38 bits per heavy atom. The molecule has 29 heavy (non-hydrogen) atoms. The highest BCUT2D eigenvalue weighted by atomic mass is 16.5. The maximum absolute atomic E-state index is 13.3. The monoisotopic (exact) mass is 382 g/mol. The van der Waals surface area contributed by atoms with Gasteiger partial charge in [0.15, 0.2) is 17.6 Å². The Morgan fingerprint density at radius 1 is 0.759 bits per heavy atom. The van der Waals surface area contributed by atoms with Gasteiger partial charge in [-0.05, 0) is 24.3 Å². The van der Waals surface area contributed by atoms with Gasteiger partial charge in [0, 0.05) is 16.7 Å². The molecule has 0 radical (unpaired) electrons. The number of carbonyl (C=O) groups excluding carboxylic acids is 1. The second kappa shape index (κ2) is 6.99. The first-order chi connectivity index (χ1) is 14.3. The molecule has 0 saturated heterocycles. The Bertz CT molecular complexity index is 1160. The van der Waals surface area contributed by atoms with Gasteiger partial charge in [0.1, 0.15) is 17.1 Å². The van der Waals surface area contributed by atoms with E-state index in [-0.39, 0.29) is 5.78 Å². The molecule has 0 aliphatic carbocycles. The first kappa shape index (κ1) is 17.3. The largest absolute Gasteiger partial charge is 0.497 e. The third kappa shape index (κ3) is 2.90. The van der Waals surface area contributed by atoms with E-state index in [1.807, 2.05) is 84.9 Å². The topological polar surface area (TPSA) is 48.7 Å². The molecule has 3 aromatic carbocycles. The van der Waals surface area contributed by atoms with Crippen molar-refractivity contribution in [1.82, 2.24) is 0 Å². The Labute approximate surface area is 168 Å². The highest BCUT2D eigenvalue weighted by molar-refractivity contribution is 6.11. The first-order valence-corrected chi connectivity index (χ1v) is 9.38. The number of rotatable bonds is 4. The van der Waals surface area contributed by atoms with Crippen LogP contribution in [0, 0.1) is 0 Å². The van der Waals surface area contributed by atoms with Crippen molar-refractivity contribution in [3.05, 3.63) is 96.1 Å². The molecule has 0 N–H and O–H groups in total. The third-order valence-electron chi connectivity index (χ3n) is 5.08. The molecule has 4 nitrogen and oxygen atoms in total. The van der Waals surface area contributed by atoms with Gasteiger partial charge in [0.25, 0.3) is 0 Å². The fourth-order valence-electron chi connectivity index (χ4n) is 3.63. The maximum Gasteiger partial charge on any atom is 0.215 e. The second-order valence-electron chi connectivity index (χ2n) is 6.83. The molecule has 1 aliphatic rings. The molecular weight excluding hydrogens is 364 g/mol. The van der Waals surface area contributed by atoms with Crippen LogP contribution in [-0.4, -0.2) is 12.9 Å². The first-order valence-electron chi connectivity index (χ1n) is 9.38. The summed E-state index contributed by atoms with van der Waals surface area (Å²) in [4.78, 5) is 13.3. The number of fused-ring (bicyclic) bond motifs is 1. The zero-order chi connectivity index (χ0) is 19.8. The summed E-state index contributed by atoms with van der Waals surface area (Å²) in [6.07, 6.45) is -0.669. The van der Waals surface area contributed by atoms with E-state index in [9.17, 15) is 4.79 Å². The number of Topliss-reactive ketones (excluding diaryl/α,β-unsaturated/α-hetero) is 1. The number of ether oxygens (including phenoxy) is 2. The molecule has 1 aromatic heterocycles. The fourth-order valence-corrected chi connectivity index (χ4v) is 3.63. The SMILES string of the molecule is COc1ccc(-c2oc(-c3ccccc3)c3c2C(=O)C(c2ccccc2)O3)cc1. The van der Waals surface area contributed by atoms with Crippen LogP contribution in [0.25, 0.3) is 22.6 Å². The maximum atomic E-state index is 13.3. The number of ketones is 1. The number of hydrogen-bond acceptors (Lipinski definition) is 4. The van der Waals surface area contributed by atoms with Crippen LogP contribution in [0.1, 0.15) is 22.0 Å². The van der Waals surface area contributed by atoms with Gasteiger partial charge in [-0.1, -0.05) is 60.7 Å². The Balaban J connectivity index is 1.67. The summed E-state index contributed by atoms with van der Waals surface area (Å²) in [5.74, 6) is 2.23. The molecule has 142 valence electrons. The molecule has 1 atom stereocenters. The van der Waals surface area contributed by atoms with Crippen molar-refractivity contribution in [1.29, 1.82) is 0 Å². The number of hydrogen-bond donors (Lipinski definition) is 0. The van der Waals surface area contributed by atoms with E-state index in [0.29, 0.717) is 22.8 Å². The summed E-state index contributed by atoms with van der Waals surface area (Å²) in [6.45, 7) is 0. The standard InChI is InChI=1S/C25H18O4/c1-27-19-14-12-18(13-15-19)22-20-21(26)23(16-8-4-2-5-9-16)29-25(20)24(28-22)17-10-6-3-7-11-17/h2-15,23H,1H3. The highest BCUT2D eigenvalue weighted by Crippen LogP contribution is 2.50. The molecule has 0 fully saturated rings. The van der Waals surface area contributed by atoms with Crippen LogP contribution >= 0.6 is 0 Å². The third-order valence-corrected chi connectivity index (χ3v) is 5.08. The van der Waals surface area contributed by atoms with Crippen LogP contribution in [0.4, 0.5) is 0 Å². The summed E-state index contributed by atoms with van der Waals surface area (Å²) in [7, 11) is 1.62. The molecule has 0 spiro atoms. The quantitative estimate of drug-likeness (QED) is 0.438. The lowest BCUT2D eigenvalue weighted by atomic mass is 9.99. The fraction of sp³-hybridized carbons (Fsp3) is 0.0800. The van der Waals surface area contributed by atoms with Crippen LogP contribution in [0.2, 0.25) is 0 Å². The summed E-state index contributed by atoms with van der Waals surface area (Å²) in [6, 6.07) is 26.7. The summed E-state index contributed by atoms with van der Waals surface area (Å²) < 4.78 is 17.6. The van der Waals surface area contributed by atoms with Crippen molar-refractivity contribution in [3.8, 4) is 34.1 Å². The zero-order valence-electron chi connectivity index (χ0n) is 15.8. The number of benzene rings is 3. The van der Waals surface area contributed by atoms with Gasteiger partial charge >= 0.3 is 0 Å². The molecule has 0 amide bonds. The van der Waals surface area contributed by atoms with Gasteiger partial charge < -0.3 is 13.9 Å². The smallest absolute Gasteiger partial charge is 0.215 e. The van der Waals surface area contributed by atoms with E-state index in [1.54, 1.807) is 7.11 Å². The predicted octanol–water partition coefficient (Wildman–Crippen LogP) is 5.94. The zero-order valence-corrected chi connectivity index (χ0v) is 15.8. The van der Waals surface area contributed by atoms with Crippen molar-refractivity contribution in [2.75, 3.05) is 7.11 Å². The average Bonchev–Trinajstić information content (AvgIpc) is 3.33. The Morgan fingerprint density at radius 3 is 2.03 bits per heavy atom. The van der Waals surface area contributed by atoms with Crippen LogP contribution in [0.3, 0.4) is 0 Å². The molecule has 0 saturated carbocycles. The summed E-state index contributed by atoms with van der Waals surface area (Å²) in [5.41, 5.74) is 2.98. The van der Waals surface area contributed by atoms with E-state index in [0.717, 1.165) is 22.4 Å². The van der Waals surface area contributed by atoms with Crippen LogP contribution < -0.4 is 9.47 Å². The van der Waals surface area contributed by atoms with E-state index in [4.69, 9.17) is 13.9 Å². The molecule has 0 bridgehead atoms. The molecule has 4 heteroatoms.